The number of carbonyl (C=O) groups excluding carboxylic acids is 3. The highest BCUT2D eigenvalue weighted by Crippen LogP contribution is 2.11. The maximum Gasteiger partial charge on any atom is 0.229 e. The van der Waals surface area contributed by atoms with Crippen molar-refractivity contribution in [3.8, 4) is 5.75 Å². The molecule has 2 aromatic rings. The third-order valence-corrected chi connectivity index (χ3v) is 2.92. The van der Waals surface area contributed by atoms with Gasteiger partial charge in [-0.3, -0.25) is 19.5 Å². The Labute approximate surface area is 153 Å². The van der Waals surface area contributed by atoms with E-state index in [2.05, 4.69) is 15.4 Å². The SMILES string of the molecule is CC(=O)C(=O)C(O)C(O)C(O)CO.O=Cc1ccccc1O.c1c[nH]nn1. The number of aromatic nitrogens is 3. The van der Waals surface area contributed by atoms with E-state index in [0.717, 1.165) is 6.92 Å². The van der Waals surface area contributed by atoms with E-state index in [1.54, 1.807) is 30.6 Å². The van der Waals surface area contributed by atoms with E-state index in [-0.39, 0.29) is 5.75 Å². The van der Waals surface area contributed by atoms with Gasteiger partial charge in [0.15, 0.2) is 12.1 Å². The van der Waals surface area contributed by atoms with Gasteiger partial charge in [0.2, 0.25) is 5.78 Å². The molecule has 1 heterocycles. The molecule has 11 heteroatoms. The van der Waals surface area contributed by atoms with Crippen LogP contribution in [0, 0.1) is 0 Å². The van der Waals surface area contributed by atoms with Gasteiger partial charge in [-0.2, -0.15) is 0 Å². The summed E-state index contributed by atoms with van der Waals surface area (Å²) in [6.07, 6.45) is -1.62. The summed E-state index contributed by atoms with van der Waals surface area (Å²) in [6, 6.07) is 6.40. The van der Waals surface area contributed by atoms with Crippen molar-refractivity contribution in [2.75, 3.05) is 6.61 Å². The van der Waals surface area contributed by atoms with Crippen molar-refractivity contribution in [1.29, 1.82) is 0 Å². The third-order valence-electron chi connectivity index (χ3n) is 2.92. The maximum absolute atomic E-state index is 10.8. The summed E-state index contributed by atoms with van der Waals surface area (Å²) in [6.45, 7) is 0.132. The Morgan fingerprint density at radius 3 is 2.19 bits per heavy atom. The Balaban J connectivity index is 0.000000412. The highest BCUT2D eigenvalue weighted by atomic mass is 16.4. The first-order chi connectivity index (χ1) is 12.8. The monoisotopic (exact) mass is 383 g/mol. The Hall–Kier alpha value is -2.99. The largest absolute Gasteiger partial charge is 0.507 e. The fourth-order valence-electron chi connectivity index (χ4n) is 1.44. The second-order valence-corrected chi connectivity index (χ2v) is 4.94. The molecule has 0 bridgehead atoms. The number of aliphatic hydroxyl groups is 4. The summed E-state index contributed by atoms with van der Waals surface area (Å²) in [5.74, 6) is -2.08. The summed E-state index contributed by atoms with van der Waals surface area (Å²) in [5, 5.41) is 53.2. The number of carbonyl (C=O) groups is 3. The lowest BCUT2D eigenvalue weighted by molar-refractivity contribution is -0.149. The average Bonchev–Trinajstić information content (AvgIpc) is 3.26. The number of phenolic OH excluding ortho intramolecular Hbond substituents is 1. The number of nitrogens with zero attached hydrogens (tertiary/aromatic N) is 2. The van der Waals surface area contributed by atoms with Crippen molar-refractivity contribution in [3.63, 3.8) is 0 Å². The Morgan fingerprint density at radius 1 is 1.22 bits per heavy atom. The molecule has 11 nitrogen and oxygen atoms in total. The van der Waals surface area contributed by atoms with Crippen molar-refractivity contribution in [2.45, 2.75) is 25.2 Å². The van der Waals surface area contributed by atoms with Crippen molar-refractivity contribution < 1.29 is 39.9 Å². The number of H-pyrrole nitrogens is 1. The van der Waals surface area contributed by atoms with Crippen LogP contribution < -0.4 is 0 Å². The summed E-state index contributed by atoms with van der Waals surface area (Å²) < 4.78 is 0. The molecule has 148 valence electrons. The highest BCUT2D eigenvalue weighted by molar-refractivity contribution is 6.38. The molecule has 0 aliphatic carbocycles. The molecule has 0 saturated carbocycles. The molecule has 1 aromatic heterocycles. The van der Waals surface area contributed by atoms with Crippen molar-refractivity contribution in [1.82, 2.24) is 15.4 Å². The zero-order valence-corrected chi connectivity index (χ0v) is 14.3. The van der Waals surface area contributed by atoms with E-state index in [0.29, 0.717) is 11.8 Å². The molecule has 0 aliphatic rings. The Morgan fingerprint density at radius 2 is 1.85 bits per heavy atom. The van der Waals surface area contributed by atoms with Crippen LogP contribution in [0.5, 0.6) is 5.75 Å². The molecule has 0 radical (unpaired) electrons. The third kappa shape index (κ3) is 9.32. The van der Waals surface area contributed by atoms with Gasteiger partial charge in [0.25, 0.3) is 0 Å². The molecule has 3 unspecified atom stereocenters. The molecule has 1 aromatic carbocycles. The van der Waals surface area contributed by atoms with Gasteiger partial charge >= 0.3 is 0 Å². The number of Topliss-reactive ketones (excluding diaryl/α,β-unsaturated/α-hetero) is 2. The van der Waals surface area contributed by atoms with Crippen LogP contribution >= 0.6 is 0 Å². The molecule has 27 heavy (non-hydrogen) atoms. The molecule has 6 N–H and O–H groups in total. The van der Waals surface area contributed by atoms with Crippen molar-refractivity contribution >= 4 is 17.9 Å². The lowest BCUT2D eigenvalue weighted by atomic mass is 10.0. The number of hydrogen-bond donors (Lipinski definition) is 6. The predicted octanol–water partition coefficient (Wildman–Crippen LogP) is -1.77. The first-order valence-corrected chi connectivity index (χ1v) is 7.49. The fourth-order valence-corrected chi connectivity index (χ4v) is 1.44. The molecule has 0 aliphatic heterocycles. The average molecular weight is 383 g/mol. The van der Waals surface area contributed by atoms with E-state index in [4.69, 9.17) is 25.5 Å². The lowest BCUT2D eigenvalue weighted by Gasteiger charge is -2.19. The number of phenols is 1. The minimum atomic E-state index is -1.99. The fraction of sp³-hybridized carbons (Fsp3) is 0.312. The molecule has 0 fully saturated rings. The molecule has 0 spiro atoms. The smallest absolute Gasteiger partial charge is 0.229 e. The standard InChI is InChI=1S/C7H12O6.C7H6O2.C2H3N3/c1-3(9)5(11)7(13)6(12)4(10)2-8;8-5-6-3-1-2-4-7(6)9;1-2-4-5-3-1/h4,6-8,10,12-13H,2H2,1H3;1-5,9H;1-2H,(H,3,4,5). The van der Waals surface area contributed by atoms with E-state index >= 15 is 0 Å². The number of benzene rings is 1. The van der Waals surface area contributed by atoms with E-state index < -0.39 is 36.5 Å². The topological polar surface area (TPSA) is 194 Å². The van der Waals surface area contributed by atoms with Crippen LogP contribution in [0.1, 0.15) is 17.3 Å². The highest BCUT2D eigenvalue weighted by Gasteiger charge is 2.31. The number of para-hydroxylation sites is 1. The van der Waals surface area contributed by atoms with Gasteiger partial charge in [-0.25, -0.2) is 0 Å². The van der Waals surface area contributed by atoms with Crippen molar-refractivity contribution in [2.24, 2.45) is 0 Å². The molecular weight excluding hydrogens is 362 g/mol. The predicted molar refractivity (Wildman–Crippen MR) is 90.7 cm³/mol. The Kier molecular flexibility index (Phi) is 11.8. The zero-order chi connectivity index (χ0) is 20.8. The molecule has 2 rings (SSSR count). The van der Waals surface area contributed by atoms with Crippen LogP contribution in [0.2, 0.25) is 0 Å². The number of ketones is 2. The summed E-state index contributed by atoms with van der Waals surface area (Å²) in [5.41, 5.74) is 0.331. The molecular formula is C16H21N3O8. The van der Waals surface area contributed by atoms with Gasteiger partial charge < -0.3 is 25.5 Å². The first-order valence-electron chi connectivity index (χ1n) is 7.49. The van der Waals surface area contributed by atoms with Gasteiger partial charge in [0, 0.05) is 13.1 Å². The van der Waals surface area contributed by atoms with Crippen LogP contribution in [0.4, 0.5) is 0 Å². The summed E-state index contributed by atoms with van der Waals surface area (Å²) in [7, 11) is 0. The molecule has 0 amide bonds. The minimum absolute atomic E-state index is 0.0347. The van der Waals surface area contributed by atoms with Gasteiger partial charge in [0.05, 0.1) is 18.4 Å². The first kappa shape index (κ1) is 24.0. The second kappa shape index (κ2) is 13.2. The van der Waals surface area contributed by atoms with Gasteiger partial charge in [-0.1, -0.05) is 17.3 Å². The number of aromatic amines is 1. The zero-order valence-electron chi connectivity index (χ0n) is 14.3. The summed E-state index contributed by atoms with van der Waals surface area (Å²) >= 11 is 0. The van der Waals surface area contributed by atoms with E-state index in [1.165, 1.54) is 6.07 Å². The minimum Gasteiger partial charge on any atom is -0.507 e. The number of hydrogen-bond acceptors (Lipinski definition) is 10. The number of aromatic hydroxyl groups is 1. The van der Waals surface area contributed by atoms with Gasteiger partial charge in [-0.05, 0) is 12.1 Å². The number of nitrogens with one attached hydrogen (secondary N) is 1. The number of aldehydes is 1. The quantitative estimate of drug-likeness (QED) is 0.245. The Bertz CT molecular complexity index is 676. The van der Waals surface area contributed by atoms with Gasteiger partial charge in [0.1, 0.15) is 24.1 Å². The van der Waals surface area contributed by atoms with Crippen LogP contribution in [-0.2, 0) is 9.59 Å². The van der Waals surface area contributed by atoms with Crippen LogP contribution in [-0.4, -0.2) is 83.7 Å². The lowest BCUT2D eigenvalue weighted by Crippen LogP contribution is -2.45. The van der Waals surface area contributed by atoms with Gasteiger partial charge in [-0.15, -0.1) is 5.10 Å². The van der Waals surface area contributed by atoms with E-state index in [9.17, 15) is 14.4 Å². The van der Waals surface area contributed by atoms with Crippen LogP contribution in [0.3, 0.4) is 0 Å². The maximum atomic E-state index is 10.8. The van der Waals surface area contributed by atoms with E-state index in [1.807, 2.05) is 0 Å². The second-order valence-electron chi connectivity index (χ2n) is 4.94. The molecule has 3 atom stereocenters. The number of aliphatic hydroxyl groups excluding tert-OH is 4. The van der Waals surface area contributed by atoms with Crippen molar-refractivity contribution in [3.05, 3.63) is 42.2 Å². The summed E-state index contributed by atoms with van der Waals surface area (Å²) in [4.78, 5) is 31.3. The normalized spacial score (nSPS) is 12.9. The number of rotatable bonds is 6. The van der Waals surface area contributed by atoms with Crippen LogP contribution in [0.15, 0.2) is 36.7 Å². The van der Waals surface area contributed by atoms with Crippen LogP contribution in [0.25, 0.3) is 0 Å². The molecule has 0 saturated heterocycles.